The van der Waals surface area contributed by atoms with E-state index in [1.54, 1.807) is 0 Å². The van der Waals surface area contributed by atoms with Crippen molar-refractivity contribution < 1.29 is 15.0 Å². The molecule has 0 bridgehead atoms. The number of carbonyl (C=O) groups is 1. The van der Waals surface area contributed by atoms with Gasteiger partial charge in [-0.3, -0.25) is 4.79 Å². The van der Waals surface area contributed by atoms with Gasteiger partial charge in [0.2, 0.25) is 0 Å². The van der Waals surface area contributed by atoms with Crippen molar-refractivity contribution in [3.8, 4) is 0 Å². The summed E-state index contributed by atoms with van der Waals surface area (Å²) in [4.78, 5) is 14.5. The highest BCUT2D eigenvalue weighted by atomic mass is 16.4. The van der Waals surface area contributed by atoms with Gasteiger partial charge < -0.3 is 20.5 Å². The van der Waals surface area contributed by atoms with E-state index < -0.39 is 12.0 Å². The summed E-state index contributed by atoms with van der Waals surface area (Å²) in [5, 5.41) is 22.1. The molecule has 0 unspecified atom stereocenters. The van der Waals surface area contributed by atoms with Gasteiger partial charge in [-0.25, -0.2) is 0 Å². The van der Waals surface area contributed by atoms with Crippen LogP contribution in [0.15, 0.2) is 30.5 Å². The summed E-state index contributed by atoms with van der Waals surface area (Å²) in [6.45, 7) is 0.738. The topological polar surface area (TPSA) is 85.3 Å². The van der Waals surface area contributed by atoms with Crippen LogP contribution in [0.2, 0.25) is 0 Å². The minimum atomic E-state index is -0.848. The van der Waals surface area contributed by atoms with Gasteiger partial charge in [0, 0.05) is 30.1 Å². The van der Waals surface area contributed by atoms with Crippen molar-refractivity contribution in [1.82, 2.24) is 10.3 Å². The molecule has 20 heavy (non-hydrogen) atoms. The lowest BCUT2D eigenvalue weighted by Gasteiger charge is -2.13. The number of nitrogens with one attached hydrogen (secondary N) is 2. The quantitative estimate of drug-likeness (QED) is 0.551. The van der Waals surface area contributed by atoms with Crippen LogP contribution < -0.4 is 5.32 Å². The van der Waals surface area contributed by atoms with E-state index in [2.05, 4.69) is 10.3 Å². The van der Waals surface area contributed by atoms with Crippen LogP contribution in [0.3, 0.4) is 0 Å². The van der Waals surface area contributed by atoms with E-state index in [0.717, 1.165) is 22.9 Å². The summed E-state index contributed by atoms with van der Waals surface area (Å²) in [5.74, 6) is -0.848. The Morgan fingerprint density at radius 3 is 2.85 bits per heavy atom. The summed E-state index contributed by atoms with van der Waals surface area (Å²) < 4.78 is 0. The van der Waals surface area contributed by atoms with E-state index in [1.165, 1.54) is 0 Å². The van der Waals surface area contributed by atoms with E-state index >= 15 is 0 Å². The molecule has 0 aliphatic heterocycles. The van der Waals surface area contributed by atoms with Gasteiger partial charge >= 0.3 is 5.97 Å². The largest absolute Gasteiger partial charge is 0.480 e. The van der Waals surface area contributed by atoms with Gasteiger partial charge in [-0.15, -0.1) is 0 Å². The third-order valence-electron chi connectivity index (χ3n) is 3.37. The number of carboxylic acids is 1. The van der Waals surface area contributed by atoms with Crippen molar-refractivity contribution in [3.63, 3.8) is 0 Å². The second kappa shape index (κ2) is 7.07. The molecule has 1 heterocycles. The molecule has 0 aliphatic rings. The predicted molar refractivity (Wildman–Crippen MR) is 77.7 cm³/mol. The first kappa shape index (κ1) is 14.6. The van der Waals surface area contributed by atoms with Gasteiger partial charge in [-0.2, -0.15) is 0 Å². The Kier molecular flexibility index (Phi) is 5.15. The maximum atomic E-state index is 11.3. The zero-order chi connectivity index (χ0) is 14.4. The van der Waals surface area contributed by atoms with E-state index in [4.69, 9.17) is 5.11 Å². The van der Waals surface area contributed by atoms with Crippen LogP contribution in [0.4, 0.5) is 0 Å². The van der Waals surface area contributed by atoms with Crippen molar-refractivity contribution in [2.75, 3.05) is 13.2 Å². The molecule has 0 spiro atoms. The number of para-hydroxylation sites is 1. The number of aliphatic hydroxyl groups excluding tert-OH is 1. The van der Waals surface area contributed by atoms with Crippen LogP contribution in [0.25, 0.3) is 10.9 Å². The summed E-state index contributed by atoms with van der Waals surface area (Å²) in [5.41, 5.74) is 2.02. The number of aliphatic carboxylic acids is 1. The van der Waals surface area contributed by atoms with E-state index in [0.29, 0.717) is 19.4 Å². The number of unbranched alkanes of at least 4 members (excludes halogenated alkanes) is 1. The van der Waals surface area contributed by atoms with Crippen LogP contribution in [0.5, 0.6) is 0 Å². The number of benzene rings is 1. The molecule has 0 aliphatic carbocycles. The average molecular weight is 276 g/mol. The standard InChI is InChI=1S/C15H20N2O3/c18-8-4-3-7-16-14(15(19)20)9-11-10-17-13-6-2-1-5-12(11)13/h1-2,5-6,10,14,16-18H,3-4,7-9H2,(H,19,20)/t14-/m0/s1. The summed E-state index contributed by atoms with van der Waals surface area (Å²) in [7, 11) is 0. The van der Waals surface area contributed by atoms with Crippen LogP contribution >= 0.6 is 0 Å². The SMILES string of the molecule is O=C(O)[C@H](Cc1c[nH]c2ccccc12)NCCCCO. The summed E-state index contributed by atoms with van der Waals surface area (Å²) in [6.07, 6.45) is 3.77. The van der Waals surface area contributed by atoms with Gasteiger partial charge in [0.05, 0.1) is 0 Å². The van der Waals surface area contributed by atoms with Crippen molar-refractivity contribution in [2.24, 2.45) is 0 Å². The third-order valence-corrected chi connectivity index (χ3v) is 3.37. The first-order valence-corrected chi connectivity index (χ1v) is 6.84. The van der Waals surface area contributed by atoms with Crippen molar-refractivity contribution in [1.29, 1.82) is 0 Å². The monoisotopic (exact) mass is 276 g/mol. The van der Waals surface area contributed by atoms with Crippen molar-refractivity contribution in [3.05, 3.63) is 36.0 Å². The van der Waals surface area contributed by atoms with Gasteiger partial charge in [0.25, 0.3) is 0 Å². The molecule has 2 aromatic rings. The molecule has 1 aromatic heterocycles. The molecule has 0 radical (unpaired) electrons. The molecule has 1 atom stereocenters. The van der Waals surface area contributed by atoms with Crippen LogP contribution in [-0.2, 0) is 11.2 Å². The number of H-pyrrole nitrogens is 1. The summed E-state index contributed by atoms with van der Waals surface area (Å²) in [6, 6.07) is 7.26. The summed E-state index contributed by atoms with van der Waals surface area (Å²) >= 11 is 0. The van der Waals surface area contributed by atoms with E-state index in [1.807, 2.05) is 30.5 Å². The van der Waals surface area contributed by atoms with Gasteiger partial charge in [-0.1, -0.05) is 18.2 Å². The molecule has 0 saturated heterocycles. The number of hydrogen-bond acceptors (Lipinski definition) is 3. The lowest BCUT2D eigenvalue weighted by Crippen LogP contribution is -2.39. The fourth-order valence-electron chi connectivity index (χ4n) is 2.28. The van der Waals surface area contributed by atoms with Crippen LogP contribution in [-0.4, -0.2) is 40.4 Å². The fourth-order valence-corrected chi connectivity index (χ4v) is 2.28. The zero-order valence-corrected chi connectivity index (χ0v) is 11.3. The van der Waals surface area contributed by atoms with Crippen molar-refractivity contribution in [2.45, 2.75) is 25.3 Å². The smallest absolute Gasteiger partial charge is 0.321 e. The average Bonchev–Trinajstić information content (AvgIpc) is 2.85. The highest BCUT2D eigenvalue weighted by Gasteiger charge is 2.18. The molecule has 0 saturated carbocycles. The molecule has 5 heteroatoms. The number of carboxylic acid groups (broad SMARTS) is 1. The van der Waals surface area contributed by atoms with Crippen LogP contribution in [0, 0.1) is 0 Å². The number of rotatable bonds is 8. The third kappa shape index (κ3) is 3.59. The fraction of sp³-hybridized carbons (Fsp3) is 0.400. The van der Waals surface area contributed by atoms with Gasteiger partial charge in [-0.05, 0) is 31.0 Å². The lowest BCUT2D eigenvalue weighted by molar-refractivity contribution is -0.139. The Balaban J connectivity index is 2.02. The number of hydrogen-bond donors (Lipinski definition) is 4. The molecule has 4 N–H and O–H groups in total. The first-order chi connectivity index (χ1) is 9.72. The minimum Gasteiger partial charge on any atom is -0.480 e. The predicted octanol–water partition coefficient (Wildman–Crippen LogP) is 1.53. The molecule has 5 nitrogen and oxygen atoms in total. The van der Waals surface area contributed by atoms with E-state index in [9.17, 15) is 9.90 Å². The van der Waals surface area contributed by atoms with E-state index in [-0.39, 0.29) is 6.61 Å². The lowest BCUT2D eigenvalue weighted by atomic mass is 10.0. The maximum Gasteiger partial charge on any atom is 0.321 e. The molecule has 0 amide bonds. The molecular formula is C15H20N2O3. The Morgan fingerprint density at radius 1 is 1.30 bits per heavy atom. The Bertz CT molecular complexity index is 565. The highest BCUT2D eigenvalue weighted by Crippen LogP contribution is 2.19. The number of aliphatic hydroxyl groups is 1. The number of fused-ring (bicyclic) bond motifs is 1. The molecule has 108 valence electrons. The first-order valence-electron chi connectivity index (χ1n) is 6.84. The highest BCUT2D eigenvalue weighted by molar-refractivity contribution is 5.84. The van der Waals surface area contributed by atoms with Crippen molar-refractivity contribution >= 4 is 16.9 Å². The normalized spacial score (nSPS) is 12.7. The second-order valence-corrected chi connectivity index (χ2v) is 4.84. The second-order valence-electron chi connectivity index (χ2n) is 4.84. The Morgan fingerprint density at radius 2 is 2.10 bits per heavy atom. The molecule has 0 fully saturated rings. The number of aromatic nitrogens is 1. The molecule has 1 aromatic carbocycles. The van der Waals surface area contributed by atoms with Gasteiger partial charge in [0.15, 0.2) is 0 Å². The minimum absolute atomic E-state index is 0.141. The Labute approximate surface area is 117 Å². The van der Waals surface area contributed by atoms with Gasteiger partial charge in [0.1, 0.15) is 6.04 Å². The maximum absolute atomic E-state index is 11.3. The molecular weight excluding hydrogens is 256 g/mol. The molecule has 2 rings (SSSR count). The Hall–Kier alpha value is -1.85. The van der Waals surface area contributed by atoms with Crippen LogP contribution in [0.1, 0.15) is 18.4 Å². The zero-order valence-electron chi connectivity index (χ0n) is 11.3. The number of aromatic amines is 1.